The van der Waals surface area contributed by atoms with E-state index < -0.39 is 29.6 Å². The Morgan fingerprint density at radius 3 is 2.50 bits per heavy atom. The summed E-state index contributed by atoms with van der Waals surface area (Å²) in [6.07, 6.45) is 9.35. The molecule has 2 saturated heterocycles. The van der Waals surface area contributed by atoms with E-state index >= 15 is 0 Å². The molecule has 2 N–H and O–H groups in total. The first-order valence-electron chi connectivity index (χ1n) is 11.9. The number of hydrogen-bond donors (Lipinski definition) is 2. The number of carbonyl (C=O) groups is 3. The molecule has 3 amide bonds. The molecule has 5 aliphatic rings. The average molecular weight is 436 g/mol. The summed E-state index contributed by atoms with van der Waals surface area (Å²) in [5.41, 5.74) is 0.565. The molecular formula is C25H29N3O4. The van der Waals surface area contributed by atoms with Gasteiger partial charge in [-0.3, -0.25) is 19.3 Å². The Balaban J connectivity index is 1.40. The fourth-order valence-electron chi connectivity index (χ4n) is 6.10. The maximum absolute atomic E-state index is 13.9. The third-order valence-corrected chi connectivity index (χ3v) is 7.73. The molecule has 7 heteroatoms. The molecule has 32 heavy (non-hydrogen) atoms. The highest BCUT2D eigenvalue weighted by Crippen LogP contribution is 2.56. The van der Waals surface area contributed by atoms with Crippen molar-refractivity contribution in [3.05, 3.63) is 42.0 Å². The van der Waals surface area contributed by atoms with Gasteiger partial charge in [0.1, 0.15) is 11.6 Å². The van der Waals surface area contributed by atoms with Gasteiger partial charge in [-0.25, -0.2) is 0 Å². The Bertz CT molecular complexity index is 1010. The molecule has 1 aromatic rings. The summed E-state index contributed by atoms with van der Waals surface area (Å²) in [6, 6.07) is 7.12. The fourth-order valence-corrected chi connectivity index (χ4v) is 6.10. The van der Waals surface area contributed by atoms with Crippen LogP contribution in [-0.2, 0) is 19.1 Å². The summed E-state index contributed by atoms with van der Waals surface area (Å²) in [4.78, 5) is 42.3. The number of nitrogens with one attached hydrogen (secondary N) is 2. The number of benzene rings is 1. The molecule has 168 valence electrons. The van der Waals surface area contributed by atoms with Crippen molar-refractivity contribution in [3.63, 3.8) is 0 Å². The van der Waals surface area contributed by atoms with Gasteiger partial charge in [-0.2, -0.15) is 0 Å². The summed E-state index contributed by atoms with van der Waals surface area (Å²) >= 11 is 0. The molecule has 2 bridgehead atoms. The molecule has 3 heterocycles. The smallest absolute Gasteiger partial charge is 0.246 e. The van der Waals surface area contributed by atoms with Gasteiger partial charge < -0.3 is 15.4 Å². The second-order valence-electron chi connectivity index (χ2n) is 10.0. The standard InChI is InChI=1S/C25H29N3O4/c1-14-5-4-8-17(13-14)28-21(23(30)27-15-6-2-3-7-15)25-12-11-18(32-25)19(20(25)24(28)31)22(29)26-16-9-10-16/h4-5,8,11-13,15-16,18-21H,2-3,6-7,9-10H2,1H3,(H,26,29)(H,27,30)/t18-,19-,20+,21+,25+/m1/s1. The largest absolute Gasteiger partial charge is 0.359 e. The van der Waals surface area contributed by atoms with Gasteiger partial charge in [0.05, 0.1) is 17.9 Å². The zero-order valence-electron chi connectivity index (χ0n) is 18.3. The number of anilines is 1. The van der Waals surface area contributed by atoms with Crippen molar-refractivity contribution in [1.82, 2.24) is 10.6 Å². The first-order chi connectivity index (χ1) is 15.5. The predicted octanol–water partition coefficient (Wildman–Crippen LogP) is 1.99. The van der Waals surface area contributed by atoms with Crippen LogP contribution in [0.15, 0.2) is 36.4 Å². The third-order valence-electron chi connectivity index (χ3n) is 7.73. The van der Waals surface area contributed by atoms with Gasteiger partial charge in [0.15, 0.2) is 0 Å². The lowest BCUT2D eigenvalue weighted by atomic mass is 9.74. The van der Waals surface area contributed by atoms with E-state index in [4.69, 9.17) is 4.74 Å². The summed E-state index contributed by atoms with van der Waals surface area (Å²) in [7, 11) is 0. The monoisotopic (exact) mass is 435 g/mol. The van der Waals surface area contributed by atoms with Crippen LogP contribution in [0.25, 0.3) is 0 Å². The number of fused-ring (bicyclic) bond motifs is 1. The van der Waals surface area contributed by atoms with E-state index in [1.165, 1.54) is 0 Å². The van der Waals surface area contributed by atoms with E-state index in [-0.39, 0.29) is 29.8 Å². The van der Waals surface area contributed by atoms with Crippen molar-refractivity contribution < 1.29 is 19.1 Å². The highest BCUT2D eigenvalue weighted by molar-refractivity contribution is 6.10. The zero-order valence-corrected chi connectivity index (χ0v) is 18.3. The van der Waals surface area contributed by atoms with Crippen molar-refractivity contribution in [3.8, 4) is 0 Å². The molecule has 3 aliphatic heterocycles. The van der Waals surface area contributed by atoms with Crippen LogP contribution in [0.5, 0.6) is 0 Å². The number of aryl methyl sites for hydroxylation is 1. The minimum Gasteiger partial charge on any atom is -0.359 e. The Labute approximate surface area is 187 Å². The molecular weight excluding hydrogens is 406 g/mol. The Hall–Kier alpha value is -2.67. The molecule has 5 atom stereocenters. The third kappa shape index (κ3) is 2.94. The van der Waals surface area contributed by atoms with Crippen molar-refractivity contribution in [2.45, 2.75) is 75.3 Å². The molecule has 2 saturated carbocycles. The van der Waals surface area contributed by atoms with Gasteiger partial charge in [0.2, 0.25) is 17.7 Å². The lowest BCUT2D eigenvalue weighted by Gasteiger charge is -2.33. The maximum Gasteiger partial charge on any atom is 0.246 e. The van der Waals surface area contributed by atoms with Crippen LogP contribution in [0.1, 0.15) is 44.1 Å². The normalized spacial score (nSPS) is 35.4. The lowest BCUT2D eigenvalue weighted by molar-refractivity contribution is -0.132. The molecule has 1 spiro atoms. The molecule has 4 fully saturated rings. The Morgan fingerprint density at radius 1 is 1.06 bits per heavy atom. The summed E-state index contributed by atoms with van der Waals surface area (Å²) in [6.45, 7) is 1.96. The van der Waals surface area contributed by atoms with Crippen LogP contribution in [0.3, 0.4) is 0 Å². The SMILES string of the molecule is Cc1cccc(N2C(=O)[C@@H]3[C@H](C(=O)NC4CC4)[C@H]4C=C[C@@]3(O4)[C@@H]2C(=O)NC2CCCC2)c1. The van der Waals surface area contributed by atoms with Gasteiger partial charge in [-0.1, -0.05) is 37.1 Å². The van der Waals surface area contributed by atoms with Gasteiger partial charge >= 0.3 is 0 Å². The molecule has 0 radical (unpaired) electrons. The van der Waals surface area contributed by atoms with Crippen LogP contribution >= 0.6 is 0 Å². The summed E-state index contributed by atoms with van der Waals surface area (Å²) in [5, 5.41) is 6.24. The number of ether oxygens (including phenoxy) is 1. The zero-order chi connectivity index (χ0) is 22.0. The average Bonchev–Trinajstić information content (AvgIpc) is 3.12. The summed E-state index contributed by atoms with van der Waals surface area (Å²) < 4.78 is 6.37. The highest BCUT2D eigenvalue weighted by atomic mass is 16.5. The lowest BCUT2D eigenvalue weighted by Crippen LogP contribution is -2.56. The molecule has 2 aliphatic carbocycles. The minimum absolute atomic E-state index is 0.129. The molecule has 1 aromatic carbocycles. The van der Waals surface area contributed by atoms with E-state index in [0.717, 1.165) is 44.1 Å². The van der Waals surface area contributed by atoms with Gasteiger partial charge in [-0.05, 0) is 50.3 Å². The van der Waals surface area contributed by atoms with E-state index in [1.54, 1.807) is 4.90 Å². The van der Waals surface area contributed by atoms with Gasteiger partial charge in [-0.15, -0.1) is 0 Å². The number of hydrogen-bond acceptors (Lipinski definition) is 4. The van der Waals surface area contributed by atoms with Crippen LogP contribution in [-0.4, -0.2) is 47.6 Å². The number of amides is 3. The van der Waals surface area contributed by atoms with Crippen LogP contribution in [0.4, 0.5) is 5.69 Å². The van der Waals surface area contributed by atoms with E-state index in [2.05, 4.69) is 10.6 Å². The Morgan fingerprint density at radius 2 is 1.78 bits per heavy atom. The molecule has 6 rings (SSSR count). The number of rotatable bonds is 5. The predicted molar refractivity (Wildman–Crippen MR) is 118 cm³/mol. The van der Waals surface area contributed by atoms with E-state index in [9.17, 15) is 14.4 Å². The Kier molecular flexibility index (Phi) is 4.47. The fraction of sp³-hybridized carbons (Fsp3) is 0.560. The van der Waals surface area contributed by atoms with E-state index in [1.807, 2.05) is 43.3 Å². The van der Waals surface area contributed by atoms with Gasteiger partial charge in [0, 0.05) is 17.8 Å². The van der Waals surface area contributed by atoms with Crippen LogP contribution < -0.4 is 15.5 Å². The topological polar surface area (TPSA) is 87.7 Å². The minimum atomic E-state index is -1.11. The van der Waals surface area contributed by atoms with Crippen LogP contribution in [0, 0.1) is 18.8 Å². The first kappa shape index (κ1) is 20.0. The van der Waals surface area contributed by atoms with Crippen LogP contribution in [0.2, 0.25) is 0 Å². The highest BCUT2D eigenvalue weighted by Gasteiger charge is 2.73. The summed E-state index contributed by atoms with van der Waals surface area (Å²) in [5.74, 6) is -1.84. The van der Waals surface area contributed by atoms with Crippen molar-refractivity contribution >= 4 is 23.4 Å². The molecule has 0 unspecified atom stereocenters. The first-order valence-corrected chi connectivity index (χ1v) is 11.9. The van der Waals surface area contributed by atoms with Gasteiger partial charge in [0.25, 0.3) is 0 Å². The molecule has 0 aromatic heterocycles. The van der Waals surface area contributed by atoms with Crippen molar-refractivity contribution in [2.24, 2.45) is 11.8 Å². The molecule has 7 nitrogen and oxygen atoms in total. The number of nitrogens with zero attached hydrogens (tertiary/aromatic N) is 1. The van der Waals surface area contributed by atoms with Crippen molar-refractivity contribution in [2.75, 3.05) is 4.90 Å². The number of carbonyl (C=O) groups excluding carboxylic acids is 3. The van der Waals surface area contributed by atoms with E-state index in [0.29, 0.717) is 5.69 Å². The maximum atomic E-state index is 13.9. The quantitative estimate of drug-likeness (QED) is 0.693. The second kappa shape index (κ2) is 7.17. The van der Waals surface area contributed by atoms with Crippen molar-refractivity contribution in [1.29, 1.82) is 0 Å². The second-order valence-corrected chi connectivity index (χ2v) is 10.0.